The van der Waals surface area contributed by atoms with Crippen LogP contribution in [0.3, 0.4) is 0 Å². The van der Waals surface area contributed by atoms with Gasteiger partial charge in [-0.15, -0.1) is 0 Å². The number of aryl methyl sites for hydroxylation is 1. The van der Waals surface area contributed by atoms with Crippen molar-refractivity contribution in [3.05, 3.63) is 11.4 Å². The monoisotopic (exact) mass is 342 g/mol. The van der Waals surface area contributed by atoms with Gasteiger partial charge in [-0.1, -0.05) is 13.3 Å². The maximum absolute atomic E-state index is 12.9. The Hall–Kier alpha value is -1.41. The van der Waals surface area contributed by atoms with E-state index in [4.69, 9.17) is 0 Å². The highest BCUT2D eigenvalue weighted by Gasteiger charge is 2.31. The van der Waals surface area contributed by atoms with Gasteiger partial charge in [0.05, 0.1) is 11.4 Å². The molecule has 0 radical (unpaired) electrons. The zero-order chi connectivity index (χ0) is 17.0. The van der Waals surface area contributed by atoms with E-state index in [1.54, 1.807) is 13.8 Å². The first kappa shape index (κ1) is 17.9. The molecule has 130 valence electrons. The Balaban J connectivity index is 2.24. The first-order valence-corrected chi connectivity index (χ1v) is 9.62. The Morgan fingerprint density at radius 2 is 1.87 bits per heavy atom. The van der Waals surface area contributed by atoms with Crippen LogP contribution in [0.15, 0.2) is 4.90 Å². The summed E-state index contributed by atoms with van der Waals surface area (Å²) >= 11 is 0. The highest BCUT2D eigenvalue weighted by molar-refractivity contribution is 7.89. The number of hydrogen-bond acceptors (Lipinski definition) is 4. The molecule has 0 aromatic carbocycles. The average molecular weight is 342 g/mol. The summed E-state index contributed by atoms with van der Waals surface area (Å²) in [4.78, 5) is 12.1. The molecule has 1 aromatic rings. The molecule has 23 heavy (non-hydrogen) atoms. The van der Waals surface area contributed by atoms with Crippen LogP contribution in [0.5, 0.6) is 0 Å². The SMILES string of the molecule is CCCNC(=O)Cn1nc(C)c(S(=O)(=O)N2CCCCC2)c1C. The molecule has 2 heterocycles. The highest BCUT2D eigenvalue weighted by atomic mass is 32.2. The van der Waals surface area contributed by atoms with E-state index >= 15 is 0 Å². The van der Waals surface area contributed by atoms with Gasteiger partial charge < -0.3 is 5.32 Å². The highest BCUT2D eigenvalue weighted by Crippen LogP contribution is 2.25. The summed E-state index contributed by atoms with van der Waals surface area (Å²) in [6.45, 7) is 7.15. The maximum Gasteiger partial charge on any atom is 0.246 e. The van der Waals surface area contributed by atoms with E-state index < -0.39 is 10.0 Å². The first-order valence-electron chi connectivity index (χ1n) is 8.18. The summed E-state index contributed by atoms with van der Waals surface area (Å²) in [5.41, 5.74) is 0.982. The van der Waals surface area contributed by atoms with Crippen LogP contribution < -0.4 is 5.32 Å². The standard InChI is InChI=1S/C15H26N4O3S/c1-4-8-16-14(20)11-19-13(3)15(12(2)17-19)23(21,22)18-9-6-5-7-10-18/h4-11H2,1-3H3,(H,16,20). The zero-order valence-electron chi connectivity index (χ0n) is 14.1. The minimum atomic E-state index is -3.54. The Kier molecular flexibility index (Phi) is 5.80. The van der Waals surface area contributed by atoms with Gasteiger partial charge in [-0.2, -0.15) is 9.40 Å². The minimum absolute atomic E-state index is 0.0438. The number of sulfonamides is 1. The lowest BCUT2D eigenvalue weighted by Crippen LogP contribution is -2.36. The van der Waals surface area contributed by atoms with Crippen molar-refractivity contribution in [1.82, 2.24) is 19.4 Å². The number of nitrogens with zero attached hydrogens (tertiary/aromatic N) is 3. The van der Waals surface area contributed by atoms with Gasteiger partial charge >= 0.3 is 0 Å². The summed E-state index contributed by atoms with van der Waals surface area (Å²) in [5, 5.41) is 7.05. The number of carbonyl (C=O) groups is 1. The smallest absolute Gasteiger partial charge is 0.246 e. The van der Waals surface area contributed by atoms with Gasteiger partial charge in [0.15, 0.2) is 0 Å². The third-order valence-corrected chi connectivity index (χ3v) is 6.25. The summed E-state index contributed by atoms with van der Waals surface area (Å²) in [6.07, 6.45) is 3.72. The number of amides is 1. The normalized spacial score (nSPS) is 16.5. The zero-order valence-corrected chi connectivity index (χ0v) is 14.9. The molecule has 0 atom stereocenters. The lowest BCUT2D eigenvalue weighted by atomic mass is 10.2. The van der Waals surface area contributed by atoms with E-state index in [2.05, 4.69) is 10.4 Å². The third-order valence-electron chi connectivity index (χ3n) is 4.09. The quantitative estimate of drug-likeness (QED) is 0.842. The van der Waals surface area contributed by atoms with Gasteiger partial charge in [0.2, 0.25) is 15.9 Å². The van der Waals surface area contributed by atoms with Crippen LogP contribution in [0.2, 0.25) is 0 Å². The molecule has 0 aliphatic carbocycles. The summed E-state index contributed by atoms with van der Waals surface area (Å²) in [5.74, 6) is -0.153. The molecule has 1 fully saturated rings. The Bertz CT molecular complexity index is 661. The molecular formula is C15H26N4O3S. The van der Waals surface area contributed by atoms with Gasteiger partial charge in [0.1, 0.15) is 11.4 Å². The van der Waals surface area contributed by atoms with Gasteiger partial charge in [0.25, 0.3) is 0 Å². The average Bonchev–Trinajstić information content (AvgIpc) is 2.80. The van der Waals surface area contributed by atoms with Crippen LogP contribution in [0.1, 0.15) is 44.0 Å². The molecule has 0 unspecified atom stereocenters. The maximum atomic E-state index is 12.9. The second kappa shape index (κ2) is 7.44. The van der Waals surface area contributed by atoms with Crippen molar-refractivity contribution >= 4 is 15.9 Å². The molecule has 1 saturated heterocycles. The lowest BCUT2D eigenvalue weighted by Gasteiger charge is -2.25. The summed E-state index contributed by atoms with van der Waals surface area (Å²) in [7, 11) is -3.54. The molecule has 0 saturated carbocycles. The van der Waals surface area contributed by atoms with Crippen molar-refractivity contribution in [2.24, 2.45) is 0 Å². The molecule has 8 heteroatoms. The predicted octanol–water partition coefficient (Wildman–Crippen LogP) is 1.20. The minimum Gasteiger partial charge on any atom is -0.355 e. The van der Waals surface area contributed by atoms with Crippen molar-refractivity contribution in [2.75, 3.05) is 19.6 Å². The fourth-order valence-electron chi connectivity index (χ4n) is 2.90. The van der Waals surface area contributed by atoms with Gasteiger partial charge in [0, 0.05) is 19.6 Å². The van der Waals surface area contributed by atoms with Crippen LogP contribution in [0.4, 0.5) is 0 Å². The number of hydrogen-bond donors (Lipinski definition) is 1. The number of carbonyl (C=O) groups excluding carboxylic acids is 1. The topological polar surface area (TPSA) is 84.3 Å². The fourth-order valence-corrected chi connectivity index (χ4v) is 4.79. The van der Waals surface area contributed by atoms with Crippen molar-refractivity contribution in [3.63, 3.8) is 0 Å². The van der Waals surface area contributed by atoms with Crippen LogP contribution in [0.25, 0.3) is 0 Å². The number of rotatable bonds is 6. The molecule has 1 aliphatic heterocycles. The Labute approximate surface area is 138 Å². The van der Waals surface area contributed by atoms with Crippen LogP contribution >= 0.6 is 0 Å². The molecule has 1 aliphatic rings. The van der Waals surface area contributed by atoms with Crippen LogP contribution in [-0.2, 0) is 21.4 Å². The Morgan fingerprint density at radius 1 is 1.22 bits per heavy atom. The molecule has 2 rings (SSSR count). The van der Waals surface area contributed by atoms with E-state index in [-0.39, 0.29) is 17.3 Å². The van der Waals surface area contributed by atoms with Gasteiger partial charge in [-0.25, -0.2) is 8.42 Å². The molecular weight excluding hydrogens is 316 g/mol. The van der Waals surface area contributed by atoms with Gasteiger partial charge in [-0.3, -0.25) is 9.48 Å². The number of piperidine rings is 1. The lowest BCUT2D eigenvalue weighted by molar-refractivity contribution is -0.121. The Morgan fingerprint density at radius 3 is 2.48 bits per heavy atom. The van der Waals surface area contributed by atoms with E-state index in [9.17, 15) is 13.2 Å². The third kappa shape index (κ3) is 3.92. The predicted molar refractivity (Wildman–Crippen MR) is 87.6 cm³/mol. The van der Waals surface area contributed by atoms with Crippen molar-refractivity contribution < 1.29 is 13.2 Å². The van der Waals surface area contributed by atoms with Crippen molar-refractivity contribution in [1.29, 1.82) is 0 Å². The first-order chi connectivity index (χ1) is 10.9. The second-order valence-electron chi connectivity index (χ2n) is 5.97. The van der Waals surface area contributed by atoms with Crippen LogP contribution in [0, 0.1) is 13.8 Å². The van der Waals surface area contributed by atoms with E-state index in [1.165, 1.54) is 8.99 Å². The van der Waals surface area contributed by atoms with Crippen molar-refractivity contribution in [3.8, 4) is 0 Å². The van der Waals surface area contributed by atoms with E-state index in [0.29, 0.717) is 31.0 Å². The van der Waals surface area contributed by atoms with Gasteiger partial charge in [-0.05, 0) is 33.1 Å². The molecule has 1 amide bonds. The number of nitrogens with one attached hydrogen (secondary N) is 1. The summed E-state index contributed by atoms with van der Waals surface area (Å²) < 4.78 is 28.8. The second-order valence-corrected chi connectivity index (χ2v) is 7.85. The van der Waals surface area contributed by atoms with Crippen molar-refractivity contribution in [2.45, 2.75) is 57.9 Å². The van der Waals surface area contributed by atoms with E-state index in [0.717, 1.165) is 25.7 Å². The number of aromatic nitrogens is 2. The van der Waals surface area contributed by atoms with Crippen LogP contribution in [-0.4, -0.2) is 48.0 Å². The summed E-state index contributed by atoms with van der Waals surface area (Å²) in [6, 6.07) is 0. The molecule has 0 spiro atoms. The molecule has 1 aromatic heterocycles. The molecule has 1 N–H and O–H groups in total. The molecule has 0 bridgehead atoms. The largest absolute Gasteiger partial charge is 0.355 e. The van der Waals surface area contributed by atoms with E-state index in [1.807, 2.05) is 6.92 Å². The molecule has 7 nitrogen and oxygen atoms in total. The fraction of sp³-hybridized carbons (Fsp3) is 0.733.